The summed E-state index contributed by atoms with van der Waals surface area (Å²) in [5.41, 5.74) is 1.61. The molecule has 0 aromatic heterocycles. The van der Waals surface area contributed by atoms with Crippen LogP contribution in [0.3, 0.4) is 0 Å². The monoisotopic (exact) mass is 443 g/mol. The van der Waals surface area contributed by atoms with Gasteiger partial charge in [-0.1, -0.05) is 30.3 Å². The Morgan fingerprint density at radius 3 is 2.45 bits per heavy atom. The van der Waals surface area contributed by atoms with Crippen LogP contribution in [0.4, 0.5) is 10.5 Å². The van der Waals surface area contributed by atoms with Crippen molar-refractivity contribution in [1.29, 1.82) is 0 Å². The van der Waals surface area contributed by atoms with E-state index < -0.39 is 22.0 Å². The van der Waals surface area contributed by atoms with E-state index >= 15 is 0 Å². The van der Waals surface area contributed by atoms with Gasteiger partial charge in [-0.05, 0) is 50.6 Å². The standard InChI is InChI=1S/C22H25N3O5S/c1-14(2)30-21(26)19-15(3)25(4)22(27)23-20(19)16-9-8-10-17(13-16)24-31(28,29)18-11-6-5-7-12-18/h5-14,20,24H,1-4H3,(H,23,27)/t20-/m1/s1. The topological polar surface area (TPSA) is 105 Å². The number of esters is 1. The molecule has 164 valence electrons. The fraction of sp³-hybridized carbons (Fsp3) is 0.273. The van der Waals surface area contributed by atoms with Crippen LogP contribution in [0.5, 0.6) is 0 Å². The lowest BCUT2D eigenvalue weighted by atomic mass is 9.94. The number of anilines is 1. The van der Waals surface area contributed by atoms with Crippen LogP contribution in [0.15, 0.2) is 70.8 Å². The molecule has 0 unspecified atom stereocenters. The van der Waals surface area contributed by atoms with Crippen molar-refractivity contribution in [2.75, 3.05) is 11.8 Å². The number of carbonyl (C=O) groups excluding carboxylic acids is 2. The molecule has 31 heavy (non-hydrogen) atoms. The van der Waals surface area contributed by atoms with Crippen LogP contribution in [0.2, 0.25) is 0 Å². The summed E-state index contributed by atoms with van der Waals surface area (Å²) >= 11 is 0. The van der Waals surface area contributed by atoms with Gasteiger partial charge in [-0.2, -0.15) is 0 Å². The maximum Gasteiger partial charge on any atom is 0.338 e. The molecule has 2 aromatic rings. The summed E-state index contributed by atoms with van der Waals surface area (Å²) in [6.07, 6.45) is -0.333. The van der Waals surface area contributed by atoms with E-state index in [9.17, 15) is 18.0 Å². The number of sulfonamides is 1. The molecule has 8 nitrogen and oxygen atoms in total. The van der Waals surface area contributed by atoms with E-state index in [0.29, 0.717) is 22.5 Å². The van der Waals surface area contributed by atoms with Gasteiger partial charge >= 0.3 is 12.0 Å². The molecule has 3 rings (SSSR count). The number of allylic oxidation sites excluding steroid dienone is 1. The number of benzene rings is 2. The van der Waals surface area contributed by atoms with Crippen LogP contribution >= 0.6 is 0 Å². The van der Waals surface area contributed by atoms with Gasteiger partial charge in [0, 0.05) is 18.4 Å². The lowest BCUT2D eigenvalue weighted by molar-refractivity contribution is -0.143. The van der Waals surface area contributed by atoms with Crippen molar-refractivity contribution >= 4 is 27.7 Å². The summed E-state index contributed by atoms with van der Waals surface area (Å²) < 4.78 is 33.2. The average Bonchev–Trinajstić information content (AvgIpc) is 2.71. The summed E-state index contributed by atoms with van der Waals surface area (Å²) in [5.74, 6) is -0.542. The molecule has 1 aliphatic rings. The van der Waals surface area contributed by atoms with Gasteiger partial charge in [-0.15, -0.1) is 0 Å². The smallest absolute Gasteiger partial charge is 0.338 e. The highest BCUT2D eigenvalue weighted by Gasteiger charge is 2.35. The Labute approximate surface area is 181 Å². The third-order valence-corrected chi connectivity index (χ3v) is 6.24. The molecule has 0 bridgehead atoms. The molecule has 2 amide bonds. The van der Waals surface area contributed by atoms with E-state index in [1.807, 2.05) is 0 Å². The first-order valence-corrected chi connectivity index (χ1v) is 11.2. The minimum Gasteiger partial charge on any atom is -0.459 e. The first-order valence-electron chi connectivity index (χ1n) is 9.74. The van der Waals surface area contributed by atoms with E-state index in [4.69, 9.17) is 4.74 Å². The average molecular weight is 444 g/mol. The number of ether oxygens (including phenoxy) is 1. The van der Waals surface area contributed by atoms with Gasteiger partial charge in [0.15, 0.2) is 0 Å². The van der Waals surface area contributed by atoms with E-state index in [2.05, 4.69) is 10.0 Å². The Morgan fingerprint density at radius 2 is 1.81 bits per heavy atom. The molecule has 1 aliphatic heterocycles. The molecule has 2 N–H and O–H groups in total. The van der Waals surface area contributed by atoms with E-state index in [1.54, 1.807) is 70.3 Å². The van der Waals surface area contributed by atoms with Crippen molar-refractivity contribution < 1.29 is 22.7 Å². The molecule has 2 aromatic carbocycles. The van der Waals surface area contributed by atoms with Gasteiger partial charge in [-0.25, -0.2) is 18.0 Å². The molecule has 0 radical (unpaired) electrons. The molecule has 0 fully saturated rings. The minimum absolute atomic E-state index is 0.130. The SMILES string of the molecule is CC1=C(C(=O)OC(C)C)[C@@H](c2cccc(NS(=O)(=O)c3ccccc3)c2)NC(=O)N1C. The first-order chi connectivity index (χ1) is 14.6. The summed E-state index contributed by atoms with van der Waals surface area (Å²) in [7, 11) is -2.22. The van der Waals surface area contributed by atoms with Crippen LogP contribution < -0.4 is 10.0 Å². The number of nitrogens with zero attached hydrogens (tertiary/aromatic N) is 1. The summed E-state index contributed by atoms with van der Waals surface area (Å²) in [6.45, 7) is 5.16. The minimum atomic E-state index is -3.79. The van der Waals surface area contributed by atoms with Crippen molar-refractivity contribution in [3.8, 4) is 0 Å². The highest BCUT2D eigenvalue weighted by molar-refractivity contribution is 7.92. The number of urea groups is 1. The summed E-state index contributed by atoms with van der Waals surface area (Å²) in [5, 5.41) is 2.79. The molecule has 0 saturated carbocycles. The Morgan fingerprint density at radius 1 is 1.13 bits per heavy atom. The second-order valence-electron chi connectivity index (χ2n) is 7.44. The number of rotatable bonds is 6. The van der Waals surface area contributed by atoms with Crippen LogP contribution in [0.25, 0.3) is 0 Å². The lowest BCUT2D eigenvalue weighted by Crippen LogP contribution is -2.46. The highest BCUT2D eigenvalue weighted by Crippen LogP contribution is 2.32. The predicted molar refractivity (Wildman–Crippen MR) is 117 cm³/mol. The number of hydrogen-bond donors (Lipinski definition) is 2. The molecule has 0 saturated heterocycles. The van der Waals surface area contributed by atoms with Gasteiger partial charge in [-0.3, -0.25) is 4.72 Å². The van der Waals surface area contributed by atoms with Crippen LogP contribution in [-0.2, 0) is 19.6 Å². The summed E-state index contributed by atoms with van der Waals surface area (Å²) in [6, 6.07) is 13.4. The molecular formula is C22H25N3O5S. The molecule has 0 spiro atoms. The quantitative estimate of drug-likeness (QED) is 0.666. The van der Waals surface area contributed by atoms with Gasteiger partial charge in [0.25, 0.3) is 10.0 Å². The Balaban J connectivity index is 1.98. The third kappa shape index (κ3) is 4.88. The van der Waals surface area contributed by atoms with Crippen molar-refractivity contribution in [3.05, 3.63) is 71.4 Å². The van der Waals surface area contributed by atoms with Gasteiger partial charge in [0.1, 0.15) is 0 Å². The zero-order valence-corrected chi connectivity index (χ0v) is 18.6. The predicted octanol–water partition coefficient (Wildman–Crippen LogP) is 3.41. The fourth-order valence-electron chi connectivity index (χ4n) is 3.22. The Hall–Kier alpha value is -3.33. The highest BCUT2D eigenvalue weighted by atomic mass is 32.2. The zero-order chi connectivity index (χ0) is 22.8. The van der Waals surface area contributed by atoms with Gasteiger partial charge < -0.3 is 15.0 Å². The maximum absolute atomic E-state index is 12.8. The van der Waals surface area contributed by atoms with Crippen LogP contribution in [-0.4, -0.2) is 38.5 Å². The Bertz CT molecular complexity index is 1130. The summed E-state index contributed by atoms with van der Waals surface area (Å²) in [4.78, 5) is 26.7. The van der Waals surface area contributed by atoms with Crippen molar-refractivity contribution in [3.63, 3.8) is 0 Å². The largest absolute Gasteiger partial charge is 0.459 e. The van der Waals surface area contributed by atoms with Crippen LogP contribution in [0, 0.1) is 0 Å². The van der Waals surface area contributed by atoms with Crippen molar-refractivity contribution in [2.24, 2.45) is 0 Å². The number of amides is 2. The van der Waals surface area contributed by atoms with E-state index in [0.717, 1.165) is 0 Å². The third-order valence-electron chi connectivity index (χ3n) is 4.84. The first kappa shape index (κ1) is 22.4. The molecule has 0 aliphatic carbocycles. The van der Waals surface area contributed by atoms with Gasteiger partial charge in [0.05, 0.1) is 22.6 Å². The fourth-order valence-corrected chi connectivity index (χ4v) is 4.29. The van der Waals surface area contributed by atoms with Gasteiger partial charge in [0.2, 0.25) is 0 Å². The molecule has 9 heteroatoms. The molecular weight excluding hydrogens is 418 g/mol. The van der Waals surface area contributed by atoms with E-state index in [-0.39, 0.29) is 17.0 Å². The molecule has 1 atom stereocenters. The second kappa shape index (κ2) is 8.81. The number of carbonyl (C=O) groups is 2. The number of hydrogen-bond acceptors (Lipinski definition) is 5. The maximum atomic E-state index is 12.8. The van der Waals surface area contributed by atoms with Crippen LogP contribution in [0.1, 0.15) is 32.4 Å². The normalized spacial score (nSPS) is 16.9. The Kier molecular flexibility index (Phi) is 6.35. The second-order valence-corrected chi connectivity index (χ2v) is 9.12. The van der Waals surface area contributed by atoms with Crippen molar-refractivity contribution in [1.82, 2.24) is 10.2 Å². The van der Waals surface area contributed by atoms with Crippen molar-refractivity contribution in [2.45, 2.75) is 37.8 Å². The van der Waals surface area contributed by atoms with E-state index in [1.165, 1.54) is 17.0 Å². The molecule has 1 heterocycles. The lowest BCUT2D eigenvalue weighted by Gasteiger charge is -2.33. The number of nitrogens with one attached hydrogen (secondary N) is 2. The zero-order valence-electron chi connectivity index (χ0n) is 17.7.